The molecule has 0 aliphatic rings. The minimum Gasteiger partial charge on any atom is -0.497 e. The van der Waals surface area contributed by atoms with E-state index in [9.17, 15) is 0 Å². The molecule has 0 radical (unpaired) electrons. The molecule has 0 aliphatic carbocycles. The predicted octanol–water partition coefficient (Wildman–Crippen LogP) is 2.90. The van der Waals surface area contributed by atoms with Crippen molar-refractivity contribution in [3.05, 3.63) is 40.9 Å². The van der Waals surface area contributed by atoms with Gasteiger partial charge in [0.05, 0.1) is 7.11 Å². The predicted molar refractivity (Wildman–Crippen MR) is 68.4 cm³/mol. The molecule has 0 aliphatic heterocycles. The van der Waals surface area contributed by atoms with Crippen LogP contribution in [0.15, 0.2) is 30.5 Å². The number of nitrogens with zero attached hydrogens (tertiary/aromatic N) is 1. The van der Waals surface area contributed by atoms with Crippen LogP contribution in [0.1, 0.15) is 10.4 Å². The van der Waals surface area contributed by atoms with Crippen molar-refractivity contribution < 1.29 is 4.74 Å². The van der Waals surface area contributed by atoms with Crippen molar-refractivity contribution in [2.75, 3.05) is 12.8 Å². The molecule has 16 heavy (non-hydrogen) atoms. The molecule has 0 spiro atoms. The second kappa shape index (κ2) is 4.81. The monoisotopic (exact) mass is 232 g/mol. The molecule has 0 amide bonds. The molecular weight excluding hydrogens is 220 g/mol. The van der Waals surface area contributed by atoms with Crippen LogP contribution in [0.25, 0.3) is 12.2 Å². The van der Waals surface area contributed by atoms with Gasteiger partial charge in [0.25, 0.3) is 0 Å². The molecule has 3 nitrogen and oxygen atoms in total. The number of nitrogen functional groups attached to an aromatic ring is 1. The van der Waals surface area contributed by atoms with Crippen molar-refractivity contribution in [1.29, 1.82) is 0 Å². The molecule has 1 heterocycles. The lowest BCUT2D eigenvalue weighted by Gasteiger charge is -1.98. The smallest absolute Gasteiger partial charge is 0.180 e. The van der Waals surface area contributed by atoms with E-state index in [1.807, 2.05) is 36.4 Å². The van der Waals surface area contributed by atoms with Gasteiger partial charge < -0.3 is 10.5 Å². The van der Waals surface area contributed by atoms with Crippen LogP contribution in [0.5, 0.6) is 5.75 Å². The third-order valence-corrected chi connectivity index (χ3v) is 2.89. The van der Waals surface area contributed by atoms with Gasteiger partial charge in [-0.2, -0.15) is 0 Å². The number of anilines is 1. The largest absolute Gasteiger partial charge is 0.497 e. The molecule has 1 aromatic heterocycles. The number of rotatable bonds is 3. The van der Waals surface area contributed by atoms with Gasteiger partial charge in [0.15, 0.2) is 5.13 Å². The van der Waals surface area contributed by atoms with E-state index in [4.69, 9.17) is 10.5 Å². The SMILES string of the molecule is COc1ccc(C=Cc2cnc(N)s2)cc1. The third kappa shape index (κ3) is 2.61. The molecule has 0 atom stereocenters. The van der Waals surface area contributed by atoms with Crippen molar-refractivity contribution in [3.63, 3.8) is 0 Å². The van der Waals surface area contributed by atoms with Crippen molar-refractivity contribution >= 4 is 28.6 Å². The minimum absolute atomic E-state index is 0.592. The first-order valence-corrected chi connectivity index (χ1v) is 5.63. The van der Waals surface area contributed by atoms with Crippen LogP contribution < -0.4 is 10.5 Å². The van der Waals surface area contributed by atoms with Gasteiger partial charge in [-0.05, 0) is 23.8 Å². The molecule has 1 aromatic carbocycles. The third-order valence-electron chi connectivity index (χ3n) is 2.10. The Morgan fingerprint density at radius 2 is 2.00 bits per heavy atom. The Hall–Kier alpha value is -1.81. The summed E-state index contributed by atoms with van der Waals surface area (Å²) in [5.41, 5.74) is 6.66. The summed E-state index contributed by atoms with van der Waals surface area (Å²) in [5, 5.41) is 0.592. The molecule has 2 rings (SSSR count). The van der Waals surface area contributed by atoms with Crippen molar-refractivity contribution in [2.24, 2.45) is 0 Å². The lowest BCUT2D eigenvalue weighted by atomic mass is 10.2. The zero-order valence-corrected chi connectivity index (χ0v) is 9.70. The normalized spacial score (nSPS) is 10.8. The molecule has 0 saturated heterocycles. The number of benzene rings is 1. The summed E-state index contributed by atoms with van der Waals surface area (Å²) in [6.45, 7) is 0. The Morgan fingerprint density at radius 3 is 2.56 bits per heavy atom. The first-order chi connectivity index (χ1) is 7.78. The van der Waals surface area contributed by atoms with E-state index >= 15 is 0 Å². The standard InChI is InChI=1S/C12H12N2OS/c1-15-10-5-2-9(3-6-10)4-7-11-8-14-12(13)16-11/h2-8H,1H3,(H2,13,14). The summed E-state index contributed by atoms with van der Waals surface area (Å²) in [5.74, 6) is 0.860. The zero-order chi connectivity index (χ0) is 11.4. The zero-order valence-electron chi connectivity index (χ0n) is 8.88. The van der Waals surface area contributed by atoms with Crippen molar-refractivity contribution in [3.8, 4) is 5.75 Å². The summed E-state index contributed by atoms with van der Waals surface area (Å²) in [6, 6.07) is 7.86. The van der Waals surface area contributed by atoms with Gasteiger partial charge in [-0.1, -0.05) is 29.5 Å². The fourth-order valence-corrected chi connectivity index (χ4v) is 1.86. The highest BCUT2D eigenvalue weighted by Crippen LogP contribution is 2.18. The Labute approximate surface area is 98.2 Å². The molecule has 2 N–H and O–H groups in total. The van der Waals surface area contributed by atoms with Gasteiger partial charge in [-0.15, -0.1) is 0 Å². The molecule has 0 saturated carbocycles. The number of thiazole rings is 1. The molecule has 4 heteroatoms. The van der Waals surface area contributed by atoms with Crippen molar-refractivity contribution in [1.82, 2.24) is 4.98 Å². The van der Waals surface area contributed by atoms with Gasteiger partial charge >= 0.3 is 0 Å². The van der Waals surface area contributed by atoms with Crippen LogP contribution in [0.2, 0.25) is 0 Å². The maximum Gasteiger partial charge on any atom is 0.180 e. The molecule has 2 aromatic rings. The number of aromatic nitrogens is 1. The highest BCUT2D eigenvalue weighted by Gasteiger charge is 1.94. The summed E-state index contributed by atoms with van der Waals surface area (Å²) in [6.07, 6.45) is 5.78. The van der Waals surface area contributed by atoms with Crippen LogP contribution in [0, 0.1) is 0 Å². The van der Waals surface area contributed by atoms with Crippen molar-refractivity contribution in [2.45, 2.75) is 0 Å². The molecular formula is C12H12N2OS. The average Bonchev–Trinajstić information content (AvgIpc) is 2.73. The van der Waals surface area contributed by atoms with Gasteiger partial charge in [0, 0.05) is 11.1 Å². The summed E-state index contributed by atoms with van der Waals surface area (Å²) < 4.78 is 5.09. The second-order valence-electron chi connectivity index (χ2n) is 3.21. The van der Waals surface area contributed by atoms with Gasteiger partial charge in [0.2, 0.25) is 0 Å². The Bertz CT molecular complexity index is 488. The molecule has 82 valence electrons. The number of hydrogen-bond acceptors (Lipinski definition) is 4. The van der Waals surface area contributed by atoms with E-state index in [-0.39, 0.29) is 0 Å². The van der Waals surface area contributed by atoms with Crippen LogP contribution in [0.3, 0.4) is 0 Å². The van der Waals surface area contributed by atoms with Gasteiger partial charge in [-0.3, -0.25) is 0 Å². The minimum atomic E-state index is 0.592. The molecule has 0 fully saturated rings. The number of ether oxygens (including phenoxy) is 1. The van der Waals surface area contributed by atoms with E-state index in [2.05, 4.69) is 4.98 Å². The highest BCUT2D eigenvalue weighted by atomic mass is 32.1. The van der Waals surface area contributed by atoms with E-state index in [0.717, 1.165) is 16.2 Å². The Balaban J connectivity index is 2.11. The Morgan fingerprint density at radius 1 is 1.25 bits per heavy atom. The first-order valence-electron chi connectivity index (χ1n) is 4.81. The summed E-state index contributed by atoms with van der Waals surface area (Å²) in [4.78, 5) is 5.03. The topological polar surface area (TPSA) is 48.1 Å². The fraction of sp³-hybridized carbons (Fsp3) is 0.0833. The number of hydrogen-bond donors (Lipinski definition) is 1. The van der Waals surface area contributed by atoms with Gasteiger partial charge in [0.1, 0.15) is 5.75 Å². The summed E-state index contributed by atoms with van der Waals surface area (Å²) in [7, 11) is 1.66. The molecule has 0 unspecified atom stereocenters. The number of methoxy groups -OCH3 is 1. The average molecular weight is 232 g/mol. The van der Waals surface area contributed by atoms with Crippen LogP contribution >= 0.6 is 11.3 Å². The fourth-order valence-electron chi connectivity index (χ4n) is 1.27. The first kappa shape index (κ1) is 10.7. The quantitative estimate of drug-likeness (QED) is 0.885. The van der Waals surface area contributed by atoms with E-state index in [0.29, 0.717) is 5.13 Å². The Kier molecular flexibility index (Phi) is 3.22. The van der Waals surface area contributed by atoms with Crippen LogP contribution in [-0.4, -0.2) is 12.1 Å². The lowest BCUT2D eigenvalue weighted by molar-refractivity contribution is 0.415. The summed E-state index contributed by atoms with van der Waals surface area (Å²) >= 11 is 1.47. The van der Waals surface area contributed by atoms with E-state index < -0.39 is 0 Å². The molecule has 0 bridgehead atoms. The second-order valence-corrected chi connectivity index (χ2v) is 4.30. The maximum absolute atomic E-state index is 5.54. The highest BCUT2D eigenvalue weighted by molar-refractivity contribution is 7.16. The van der Waals surface area contributed by atoms with Gasteiger partial charge in [-0.25, -0.2) is 4.98 Å². The van der Waals surface area contributed by atoms with Crippen LogP contribution in [-0.2, 0) is 0 Å². The lowest BCUT2D eigenvalue weighted by Crippen LogP contribution is -1.81. The maximum atomic E-state index is 5.54. The number of nitrogens with two attached hydrogens (primary N) is 1. The van der Waals surface area contributed by atoms with Crippen LogP contribution in [0.4, 0.5) is 5.13 Å². The van der Waals surface area contributed by atoms with E-state index in [1.54, 1.807) is 13.3 Å². The van der Waals surface area contributed by atoms with E-state index in [1.165, 1.54) is 11.3 Å².